The normalized spacial score (nSPS) is 24.2. The molecule has 1 aromatic rings. The molecule has 3 rings (SSSR count). The molecule has 1 aliphatic heterocycles. The van der Waals surface area contributed by atoms with E-state index in [0.29, 0.717) is 16.1 Å². The summed E-state index contributed by atoms with van der Waals surface area (Å²) in [5, 5.41) is 3.51. The van der Waals surface area contributed by atoms with Gasteiger partial charge in [-0.2, -0.15) is 0 Å². The molecule has 1 aliphatic carbocycles. The predicted molar refractivity (Wildman–Crippen MR) is 85.2 cm³/mol. The van der Waals surface area contributed by atoms with E-state index in [1.54, 1.807) is 7.05 Å². The lowest BCUT2D eigenvalue weighted by atomic mass is 10.0. The van der Waals surface area contributed by atoms with Crippen molar-refractivity contribution in [1.82, 2.24) is 5.32 Å². The van der Waals surface area contributed by atoms with Gasteiger partial charge in [0.2, 0.25) is 0 Å². The van der Waals surface area contributed by atoms with Crippen molar-refractivity contribution in [2.75, 3.05) is 30.8 Å². The fourth-order valence-electron chi connectivity index (χ4n) is 3.66. The third-order valence-electron chi connectivity index (χ3n) is 4.71. The molecule has 2 fully saturated rings. The molecule has 0 radical (unpaired) electrons. The summed E-state index contributed by atoms with van der Waals surface area (Å²) in [6.45, 7) is 3.45. The number of nitrogen functional groups attached to an aromatic ring is 1. The van der Waals surface area contributed by atoms with Gasteiger partial charge in [0.25, 0.3) is 5.91 Å². The molecule has 0 spiro atoms. The van der Waals surface area contributed by atoms with E-state index in [0.717, 1.165) is 29.9 Å². The number of nitrogens with zero attached hydrogens (tertiary/aromatic N) is 1. The zero-order chi connectivity index (χ0) is 15.1. The van der Waals surface area contributed by atoms with Gasteiger partial charge in [-0.3, -0.25) is 9.59 Å². The number of ketones is 1. The Hall–Kier alpha value is -1.56. The molecule has 0 bridgehead atoms. The second-order valence-electron chi connectivity index (χ2n) is 6.02. The summed E-state index contributed by atoms with van der Waals surface area (Å²) in [4.78, 5) is 26.7. The average molecular weight is 307 g/mol. The van der Waals surface area contributed by atoms with E-state index < -0.39 is 0 Å². The minimum Gasteiger partial charge on any atom is -0.397 e. The van der Waals surface area contributed by atoms with Crippen LogP contribution in [0.5, 0.6) is 0 Å². The highest BCUT2D eigenvalue weighted by Gasteiger charge is 2.38. The van der Waals surface area contributed by atoms with Crippen LogP contribution >= 0.6 is 11.3 Å². The molecule has 21 heavy (non-hydrogen) atoms. The summed E-state index contributed by atoms with van der Waals surface area (Å²) in [5.74, 6) is 1.18. The molecular formula is C15H21N3O2S. The average Bonchev–Trinajstić information content (AvgIpc) is 3.09. The second-order valence-corrected chi connectivity index (χ2v) is 7.02. The van der Waals surface area contributed by atoms with Gasteiger partial charge in [0.1, 0.15) is 5.00 Å². The Balaban J connectivity index is 1.99. The molecular weight excluding hydrogens is 286 g/mol. The number of anilines is 2. The number of rotatable bonds is 3. The quantitative estimate of drug-likeness (QED) is 0.839. The van der Waals surface area contributed by atoms with Crippen LogP contribution in [0.2, 0.25) is 0 Å². The van der Waals surface area contributed by atoms with Crippen molar-refractivity contribution >= 4 is 33.7 Å². The number of carbonyl (C=O) groups is 2. The molecule has 1 saturated carbocycles. The number of hydrogen-bond acceptors (Lipinski definition) is 5. The highest BCUT2D eigenvalue weighted by atomic mass is 32.1. The standard InChI is InChI=1S/C15H21N3O2S/c1-8(19)13-12(16)11(14(20)17-2)15(21-13)18-6-9-4-3-5-10(9)7-18/h9-10H,3-7,16H2,1-2H3,(H,17,20). The van der Waals surface area contributed by atoms with Gasteiger partial charge in [-0.1, -0.05) is 6.42 Å². The van der Waals surface area contributed by atoms with Crippen LogP contribution in [0.15, 0.2) is 0 Å². The largest absolute Gasteiger partial charge is 0.397 e. The maximum atomic E-state index is 12.2. The van der Waals surface area contributed by atoms with Gasteiger partial charge in [0.05, 0.1) is 16.1 Å². The Kier molecular flexibility index (Phi) is 3.65. The maximum Gasteiger partial charge on any atom is 0.256 e. The predicted octanol–water partition coefficient (Wildman–Crippen LogP) is 2.13. The number of nitrogens with two attached hydrogens (primary N) is 1. The number of Topliss-reactive ketones (excluding diaryl/α,β-unsaturated/α-hetero) is 1. The van der Waals surface area contributed by atoms with Crippen molar-refractivity contribution in [3.05, 3.63) is 10.4 Å². The lowest BCUT2D eigenvalue weighted by Crippen LogP contribution is -2.25. The van der Waals surface area contributed by atoms with Crippen molar-refractivity contribution in [3.63, 3.8) is 0 Å². The van der Waals surface area contributed by atoms with E-state index in [4.69, 9.17) is 5.73 Å². The smallest absolute Gasteiger partial charge is 0.256 e. The number of thiophene rings is 1. The highest BCUT2D eigenvalue weighted by Crippen LogP contribution is 2.45. The first kappa shape index (κ1) is 14.4. The molecule has 6 heteroatoms. The van der Waals surface area contributed by atoms with Gasteiger partial charge >= 0.3 is 0 Å². The van der Waals surface area contributed by atoms with Gasteiger partial charge in [-0.25, -0.2) is 0 Å². The number of nitrogens with one attached hydrogen (secondary N) is 1. The monoisotopic (exact) mass is 307 g/mol. The van der Waals surface area contributed by atoms with Crippen LogP contribution in [0, 0.1) is 11.8 Å². The Morgan fingerprint density at radius 1 is 1.29 bits per heavy atom. The Morgan fingerprint density at radius 3 is 2.43 bits per heavy atom. The van der Waals surface area contributed by atoms with Crippen LogP contribution in [-0.4, -0.2) is 31.8 Å². The summed E-state index contributed by atoms with van der Waals surface area (Å²) >= 11 is 1.36. The first-order valence-electron chi connectivity index (χ1n) is 7.43. The van der Waals surface area contributed by atoms with E-state index in [1.807, 2.05) is 0 Å². The van der Waals surface area contributed by atoms with Crippen LogP contribution in [0.1, 0.15) is 46.2 Å². The van der Waals surface area contributed by atoms with Crippen molar-refractivity contribution in [1.29, 1.82) is 0 Å². The fourth-order valence-corrected chi connectivity index (χ4v) is 4.79. The molecule has 1 aromatic heterocycles. The summed E-state index contributed by atoms with van der Waals surface area (Å²) in [5.41, 5.74) is 6.88. The topological polar surface area (TPSA) is 75.4 Å². The van der Waals surface area contributed by atoms with E-state index in [-0.39, 0.29) is 11.7 Å². The highest BCUT2D eigenvalue weighted by molar-refractivity contribution is 7.19. The van der Waals surface area contributed by atoms with E-state index in [9.17, 15) is 9.59 Å². The fraction of sp³-hybridized carbons (Fsp3) is 0.600. The first-order chi connectivity index (χ1) is 10.0. The Morgan fingerprint density at radius 2 is 1.90 bits per heavy atom. The lowest BCUT2D eigenvalue weighted by molar-refractivity contribution is 0.0964. The van der Waals surface area contributed by atoms with E-state index in [1.165, 1.54) is 37.5 Å². The van der Waals surface area contributed by atoms with Gasteiger partial charge in [0, 0.05) is 27.1 Å². The van der Waals surface area contributed by atoms with Gasteiger partial charge < -0.3 is 16.0 Å². The van der Waals surface area contributed by atoms with Crippen LogP contribution in [0.25, 0.3) is 0 Å². The third-order valence-corrected chi connectivity index (χ3v) is 6.08. The van der Waals surface area contributed by atoms with Gasteiger partial charge in [-0.15, -0.1) is 11.3 Å². The molecule has 2 aliphatic rings. The molecule has 2 atom stereocenters. The van der Waals surface area contributed by atoms with Crippen LogP contribution in [0.3, 0.4) is 0 Å². The zero-order valence-electron chi connectivity index (χ0n) is 12.4. The molecule has 1 saturated heterocycles. The SMILES string of the molecule is CNC(=O)c1c(N2CC3CCCC3C2)sc(C(C)=O)c1N. The minimum absolute atomic E-state index is 0.0757. The summed E-state index contributed by atoms with van der Waals surface area (Å²) in [6.07, 6.45) is 3.87. The van der Waals surface area contributed by atoms with Gasteiger partial charge in [-0.05, 0) is 24.7 Å². The molecule has 1 amide bonds. The van der Waals surface area contributed by atoms with Crippen LogP contribution in [0.4, 0.5) is 10.7 Å². The third kappa shape index (κ3) is 2.31. The first-order valence-corrected chi connectivity index (χ1v) is 8.24. The summed E-state index contributed by atoms with van der Waals surface area (Å²) < 4.78 is 0. The summed E-state index contributed by atoms with van der Waals surface area (Å²) in [7, 11) is 1.59. The lowest BCUT2D eigenvalue weighted by Gasteiger charge is -2.19. The van der Waals surface area contributed by atoms with Crippen molar-refractivity contribution in [2.24, 2.45) is 11.8 Å². The second kappa shape index (κ2) is 5.33. The molecule has 0 aromatic carbocycles. The number of hydrogen-bond donors (Lipinski definition) is 2. The molecule has 3 N–H and O–H groups in total. The van der Waals surface area contributed by atoms with Crippen molar-refractivity contribution < 1.29 is 9.59 Å². The van der Waals surface area contributed by atoms with Gasteiger partial charge in [0.15, 0.2) is 5.78 Å². The number of carbonyl (C=O) groups excluding carboxylic acids is 2. The maximum absolute atomic E-state index is 12.2. The summed E-state index contributed by atoms with van der Waals surface area (Å²) in [6, 6.07) is 0. The zero-order valence-corrected chi connectivity index (χ0v) is 13.3. The van der Waals surface area contributed by atoms with Crippen molar-refractivity contribution in [2.45, 2.75) is 26.2 Å². The molecule has 2 unspecified atom stereocenters. The Labute approximate surface area is 128 Å². The Bertz CT molecular complexity index is 584. The minimum atomic E-state index is -0.205. The number of amides is 1. The molecule has 114 valence electrons. The van der Waals surface area contributed by atoms with E-state index in [2.05, 4.69) is 10.2 Å². The van der Waals surface area contributed by atoms with Crippen molar-refractivity contribution in [3.8, 4) is 0 Å². The molecule has 2 heterocycles. The molecule has 5 nitrogen and oxygen atoms in total. The number of fused-ring (bicyclic) bond motifs is 1. The van der Waals surface area contributed by atoms with E-state index >= 15 is 0 Å². The van der Waals surface area contributed by atoms with Crippen LogP contribution < -0.4 is 16.0 Å². The van der Waals surface area contributed by atoms with Crippen LogP contribution in [-0.2, 0) is 0 Å².